The number of hydrogen-bond acceptors (Lipinski definition) is 2. The summed E-state index contributed by atoms with van der Waals surface area (Å²) >= 11 is 0. The first-order valence-electron chi connectivity index (χ1n) is 8.29. The molecule has 0 spiro atoms. The highest BCUT2D eigenvalue weighted by Crippen LogP contribution is 2.32. The van der Waals surface area contributed by atoms with Gasteiger partial charge in [-0.1, -0.05) is 48.5 Å². The van der Waals surface area contributed by atoms with Crippen LogP contribution in [0.15, 0.2) is 91.1 Å². The zero-order chi connectivity index (χ0) is 16.6. The van der Waals surface area contributed by atoms with Crippen LogP contribution in [-0.2, 0) is 0 Å². The Hall–Kier alpha value is -3.46. The third kappa shape index (κ3) is 2.21. The van der Waals surface area contributed by atoms with Crippen molar-refractivity contribution in [1.82, 2.24) is 14.5 Å². The van der Waals surface area contributed by atoms with Crippen LogP contribution in [0.25, 0.3) is 39.0 Å². The molecule has 2 aromatic heterocycles. The van der Waals surface area contributed by atoms with Gasteiger partial charge in [-0.05, 0) is 36.4 Å². The molecule has 3 heteroatoms. The first kappa shape index (κ1) is 13.9. The molecule has 0 amide bonds. The Morgan fingerprint density at radius 2 is 1.48 bits per heavy atom. The average Bonchev–Trinajstić information content (AvgIpc) is 3.07. The number of pyridine rings is 1. The topological polar surface area (TPSA) is 30.7 Å². The van der Waals surface area contributed by atoms with Gasteiger partial charge in [-0.3, -0.25) is 9.55 Å². The van der Waals surface area contributed by atoms with Gasteiger partial charge in [-0.2, -0.15) is 0 Å². The molecule has 0 radical (unpaired) electrons. The molecule has 0 aliphatic carbocycles. The highest BCUT2D eigenvalue weighted by molar-refractivity contribution is 5.94. The predicted octanol–water partition coefficient (Wildman–Crippen LogP) is 5.24. The van der Waals surface area contributed by atoms with Gasteiger partial charge in [0.1, 0.15) is 5.82 Å². The van der Waals surface area contributed by atoms with E-state index in [2.05, 4.69) is 76.3 Å². The minimum atomic E-state index is 0.914. The molecule has 118 valence electrons. The molecule has 0 unspecified atom stereocenters. The standard InChI is InChI=1S/C22H15N3/c1-2-10-17(11-3-1)25-20-14-5-4-13-19(20)24-22(25)18-12-6-8-16-9-7-15-23-21(16)18/h1-15H. The van der Waals surface area contributed by atoms with Crippen molar-refractivity contribution in [2.45, 2.75) is 0 Å². The van der Waals surface area contributed by atoms with Crippen molar-refractivity contribution in [3.8, 4) is 17.1 Å². The van der Waals surface area contributed by atoms with Crippen LogP contribution < -0.4 is 0 Å². The van der Waals surface area contributed by atoms with E-state index in [0.29, 0.717) is 0 Å². The second-order valence-corrected chi connectivity index (χ2v) is 5.98. The summed E-state index contributed by atoms with van der Waals surface area (Å²) in [6, 6.07) is 28.9. The van der Waals surface area contributed by atoms with Crippen LogP contribution in [0.1, 0.15) is 0 Å². The second kappa shape index (κ2) is 5.56. The Bertz CT molecular complexity index is 1180. The Balaban J connectivity index is 1.91. The maximum Gasteiger partial charge on any atom is 0.147 e. The first-order valence-corrected chi connectivity index (χ1v) is 8.29. The van der Waals surface area contributed by atoms with Crippen molar-refractivity contribution in [2.75, 3.05) is 0 Å². The van der Waals surface area contributed by atoms with E-state index < -0.39 is 0 Å². The Labute approximate surface area is 145 Å². The van der Waals surface area contributed by atoms with Crippen LogP contribution in [0.4, 0.5) is 0 Å². The fourth-order valence-electron chi connectivity index (χ4n) is 3.33. The van der Waals surface area contributed by atoms with Crippen molar-refractivity contribution in [1.29, 1.82) is 0 Å². The van der Waals surface area contributed by atoms with E-state index in [9.17, 15) is 0 Å². The maximum absolute atomic E-state index is 4.93. The number of imidazole rings is 1. The lowest BCUT2D eigenvalue weighted by Gasteiger charge is -2.11. The molecular formula is C22H15N3. The summed E-state index contributed by atoms with van der Waals surface area (Å²) in [7, 11) is 0. The minimum absolute atomic E-state index is 0.914. The zero-order valence-corrected chi connectivity index (χ0v) is 13.5. The van der Waals surface area contributed by atoms with Crippen LogP contribution in [0.2, 0.25) is 0 Å². The third-order valence-corrected chi connectivity index (χ3v) is 4.45. The van der Waals surface area contributed by atoms with E-state index in [1.54, 1.807) is 0 Å². The van der Waals surface area contributed by atoms with E-state index in [0.717, 1.165) is 39.0 Å². The van der Waals surface area contributed by atoms with Crippen LogP contribution in [0.5, 0.6) is 0 Å². The fraction of sp³-hybridized carbons (Fsp3) is 0. The van der Waals surface area contributed by atoms with Crippen LogP contribution in [0.3, 0.4) is 0 Å². The fourth-order valence-corrected chi connectivity index (χ4v) is 3.33. The Kier molecular flexibility index (Phi) is 3.10. The van der Waals surface area contributed by atoms with E-state index in [1.165, 1.54) is 0 Å². The monoisotopic (exact) mass is 321 g/mol. The smallest absolute Gasteiger partial charge is 0.147 e. The van der Waals surface area contributed by atoms with Crippen molar-refractivity contribution in [2.24, 2.45) is 0 Å². The number of benzene rings is 3. The maximum atomic E-state index is 4.93. The number of fused-ring (bicyclic) bond motifs is 2. The summed E-state index contributed by atoms with van der Waals surface area (Å²) in [6.45, 7) is 0. The summed E-state index contributed by atoms with van der Waals surface area (Å²) in [6.07, 6.45) is 1.83. The summed E-state index contributed by atoms with van der Waals surface area (Å²) in [4.78, 5) is 9.54. The third-order valence-electron chi connectivity index (χ3n) is 4.45. The molecule has 0 saturated heterocycles. The Morgan fingerprint density at radius 1 is 0.680 bits per heavy atom. The summed E-state index contributed by atoms with van der Waals surface area (Å²) in [5.74, 6) is 0.914. The van der Waals surface area contributed by atoms with E-state index in [-0.39, 0.29) is 0 Å². The van der Waals surface area contributed by atoms with Gasteiger partial charge in [0.05, 0.1) is 16.6 Å². The normalized spacial score (nSPS) is 11.2. The molecule has 0 bridgehead atoms. The largest absolute Gasteiger partial charge is 0.292 e. The molecule has 3 nitrogen and oxygen atoms in total. The van der Waals surface area contributed by atoms with Gasteiger partial charge >= 0.3 is 0 Å². The SMILES string of the molecule is c1ccc(-n2c(-c3cccc4cccnc34)nc3ccccc32)cc1. The molecule has 0 fully saturated rings. The lowest BCUT2D eigenvalue weighted by Crippen LogP contribution is -1.98. The lowest BCUT2D eigenvalue weighted by atomic mass is 10.1. The lowest BCUT2D eigenvalue weighted by molar-refractivity contribution is 1.10. The molecule has 0 atom stereocenters. The minimum Gasteiger partial charge on any atom is -0.292 e. The van der Waals surface area contributed by atoms with Gasteiger partial charge in [0, 0.05) is 22.8 Å². The van der Waals surface area contributed by atoms with Gasteiger partial charge in [-0.15, -0.1) is 0 Å². The highest BCUT2D eigenvalue weighted by atomic mass is 15.1. The summed E-state index contributed by atoms with van der Waals surface area (Å²) in [5, 5.41) is 1.12. The van der Waals surface area contributed by atoms with Gasteiger partial charge < -0.3 is 0 Å². The quantitative estimate of drug-likeness (QED) is 0.445. The van der Waals surface area contributed by atoms with E-state index >= 15 is 0 Å². The van der Waals surface area contributed by atoms with Gasteiger partial charge in [0.15, 0.2) is 0 Å². The van der Waals surface area contributed by atoms with Crippen LogP contribution in [-0.4, -0.2) is 14.5 Å². The van der Waals surface area contributed by atoms with Gasteiger partial charge in [0.2, 0.25) is 0 Å². The molecule has 3 aromatic carbocycles. The van der Waals surface area contributed by atoms with Crippen LogP contribution >= 0.6 is 0 Å². The molecule has 0 N–H and O–H groups in total. The number of hydrogen-bond donors (Lipinski definition) is 0. The summed E-state index contributed by atoms with van der Waals surface area (Å²) in [5.41, 5.74) is 5.18. The molecule has 25 heavy (non-hydrogen) atoms. The Morgan fingerprint density at radius 3 is 2.40 bits per heavy atom. The van der Waals surface area contributed by atoms with E-state index in [4.69, 9.17) is 4.98 Å². The molecule has 0 aliphatic rings. The first-order chi connectivity index (χ1) is 12.4. The van der Waals surface area contributed by atoms with Gasteiger partial charge in [0.25, 0.3) is 0 Å². The van der Waals surface area contributed by atoms with Gasteiger partial charge in [-0.25, -0.2) is 4.98 Å². The number of nitrogens with zero attached hydrogens (tertiary/aromatic N) is 3. The van der Waals surface area contributed by atoms with Crippen molar-refractivity contribution >= 4 is 21.9 Å². The molecular weight excluding hydrogens is 306 g/mol. The number of rotatable bonds is 2. The summed E-state index contributed by atoms with van der Waals surface area (Å²) < 4.78 is 2.21. The van der Waals surface area contributed by atoms with Crippen LogP contribution in [0, 0.1) is 0 Å². The highest BCUT2D eigenvalue weighted by Gasteiger charge is 2.16. The number of para-hydroxylation sites is 4. The molecule has 0 saturated carbocycles. The second-order valence-electron chi connectivity index (χ2n) is 5.98. The van der Waals surface area contributed by atoms with E-state index in [1.807, 2.05) is 24.4 Å². The van der Waals surface area contributed by atoms with Crippen molar-refractivity contribution in [3.63, 3.8) is 0 Å². The molecule has 5 aromatic rings. The van der Waals surface area contributed by atoms with Crippen molar-refractivity contribution in [3.05, 3.63) is 91.1 Å². The van der Waals surface area contributed by atoms with Crippen molar-refractivity contribution < 1.29 is 0 Å². The molecule has 0 aliphatic heterocycles. The zero-order valence-electron chi connectivity index (χ0n) is 13.5. The average molecular weight is 321 g/mol. The molecule has 2 heterocycles. The number of aromatic nitrogens is 3. The molecule has 5 rings (SSSR count). The predicted molar refractivity (Wildman–Crippen MR) is 102 cm³/mol.